The second kappa shape index (κ2) is 9.01. The molecule has 4 rings (SSSR count). The minimum Gasteiger partial charge on any atom is -0.495 e. The van der Waals surface area contributed by atoms with Gasteiger partial charge in [0.05, 0.1) is 51.1 Å². The molecule has 3 aromatic rings. The average Bonchev–Trinajstić information content (AvgIpc) is 2.82. The van der Waals surface area contributed by atoms with Gasteiger partial charge in [0.1, 0.15) is 5.75 Å². The smallest absolute Gasteiger partial charge is 0.237 e. The number of hydrogen-bond acceptors (Lipinski definition) is 5. The highest BCUT2D eigenvalue weighted by molar-refractivity contribution is 6.32. The Kier molecular flexibility index (Phi) is 6.15. The van der Waals surface area contributed by atoms with Gasteiger partial charge in [0.25, 0.3) is 0 Å². The molecule has 6 nitrogen and oxygen atoms in total. The lowest BCUT2D eigenvalue weighted by Gasteiger charge is -2.48. The number of anilines is 1. The molecule has 0 N–H and O–H groups in total. The summed E-state index contributed by atoms with van der Waals surface area (Å²) in [6, 6.07) is 18.6. The Bertz CT molecular complexity index is 1110. The highest BCUT2D eigenvalue weighted by Gasteiger charge is 2.50. The zero-order valence-corrected chi connectivity index (χ0v) is 19.1. The first-order valence-electron chi connectivity index (χ1n) is 10.1. The number of amides is 1. The normalized spacial score (nSPS) is 17.5. The first-order valence-corrected chi connectivity index (χ1v) is 10.4. The van der Waals surface area contributed by atoms with Gasteiger partial charge in [-0.2, -0.15) is 0 Å². The Balaban J connectivity index is 1.84. The molecule has 1 aliphatic rings. The predicted octanol–water partition coefficient (Wildman–Crippen LogP) is 5.25. The molecule has 0 spiro atoms. The number of hydrogen-bond donors (Lipinski definition) is 0. The molecule has 1 aliphatic heterocycles. The third-order valence-electron chi connectivity index (χ3n) is 5.70. The maximum atomic E-state index is 13.5. The summed E-state index contributed by atoms with van der Waals surface area (Å²) in [7, 11) is 6.21. The van der Waals surface area contributed by atoms with Gasteiger partial charge >= 0.3 is 0 Å². The second-order valence-corrected chi connectivity index (χ2v) is 7.73. The van der Waals surface area contributed by atoms with Crippen molar-refractivity contribution in [3.05, 3.63) is 76.8 Å². The first kappa shape index (κ1) is 21.8. The van der Waals surface area contributed by atoms with Crippen LogP contribution >= 0.6 is 11.6 Å². The van der Waals surface area contributed by atoms with Crippen LogP contribution in [0.15, 0.2) is 60.7 Å². The van der Waals surface area contributed by atoms with Crippen molar-refractivity contribution in [2.75, 3.05) is 33.3 Å². The van der Waals surface area contributed by atoms with Crippen molar-refractivity contribution >= 4 is 23.2 Å². The average molecular weight is 454 g/mol. The van der Waals surface area contributed by atoms with E-state index in [9.17, 15) is 4.79 Å². The molecule has 2 atom stereocenters. The largest absolute Gasteiger partial charge is 0.495 e. The van der Waals surface area contributed by atoms with Crippen LogP contribution in [-0.4, -0.2) is 34.3 Å². The fourth-order valence-corrected chi connectivity index (χ4v) is 4.44. The summed E-state index contributed by atoms with van der Waals surface area (Å²) in [5.41, 5.74) is 2.49. The monoisotopic (exact) mass is 453 g/mol. The summed E-state index contributed by atoms with van der Waals surface area (Å²) in [6.07, 6.45) is 0. The van der Waals surface area contributed by atoms with Gasteiger partial charge in [-0.05, 0) is 23.3 Å². The van der Waals surface area contributed by atoms with Gasteiger partial charge in [-0.3, -0.25) is 4.79 Å². The molecular formula is C25H24ClNO5. The third-order valence-corrected chi connectivity index (χ3v) is 6.00. The van der Waals surface area contributed by atoms with Crippen molar-refractivity contribution in [3.63, 3.8) is 0 Å². The van der Waals surface area contributed by atoms with Crippen LogP contribution in [0.3, 0.4) is 0 Å². The van der Waals surface area contributed by atoms with Gasteiger partial charge in [0, 0.05) is 12.1 Å². The van der Waals surface area contributed by atoms with Crippen LogP contribution in [0, 0.1) is 0 Å². The number of methoxy groups -OCH3 is 4. The maximum Gasteiger partial charge on any atom is 0.237 e. The van der Waals surface area contributed by atoms with Crippen molar-refractivity contribution in [1.29, 1.82) is 0 Å². The van der Waals surface area contributed by atoms with Crippen LogP contribution in [0.1, 0.15) is 23.1 Å². The van der Waals surface area contributed by atoms with E-state index in [2.05, 4.69) is 0 Å². The number of β-lactam (4-membered cyclic amide) rings is 1. The highest BCUT2D eigenvalue weighted by atomic mass is 35.5. The quantitative estimate of drug-likeness (QED) is 0.457. The SMILES string of the molecule is COc1ccc([C@H]2[C@H](c3ccccc3)C(=O)N2c2cc(OC)c(OC)c(OC)c2)cc1Cl. The molecule has 0 bridgehead atoms. The lowest BCUT2D eigenvalue weighted by atomic mass is 9.77. The number of benzene rings is 3. The highest BCUT2D eigenvalue weighted by Crippen LogP contribution is 2.52. The van der Waals surface area contributed by atoms with Crippen molar-refractivity contribution in [2.24, 2.45) is 0 Å². The Morgan fingerprint density at radius 1 is 0.750 bits per heavy atom. The van der Waals surface area contributed by atoms with Crippen LogP contribution in [0.5, 0.6) is 23.0 Å². The van der Waals surface area contributed by atoms with E-state index in [0.29, 0.717) is 33.7 Å². The molecule has 0 unspecified atom stereocenters. The Labute approximate surface area is 192 Å². The molecule has 1 heterocycles. The van der Waals surface area contributed by atoms with E-state index in [1.807, 2.05) is 48.5 Å². The third kappa shape index (κ3) is 3.60. The topological polar surface area (TPSA) is 57.2 Å². The molecule has 1 fully saturated rings. The van der Waals surface area contributed by atoms with Gasteiger partial charge in [0.15, 0.2) is 11.5 Å². The summed E-state index contributed by atoms with van der Waals surface area (Å²) >= 11 is 6.43. The summed E-state index contributed by atoms with van der Waals surface area (Å²) < 4.78 is 21.7. The van der Waals surface area contributed by atoms with Gasteiger partial charge < -0.3 is 23.8 Å². The minimum absolute atomic E-state index is 0.0255. The lowest BCUT2D eigenvalue weighted by molar-refractivity contribution is -0.126. The van der Waals surface area contributed by atoms with E-state index in [-0.39, 0.29) is 17.9 Å². The van der Waals surface area contributed by atoms with Crippen LogP contribution in [0.4, 0.5) is 5.69 Å². The Morgan fingerprint density at radius 2 is 1.38 bits per heavy atom. The lowest BCUT2D eigenvalue weighted by Crippen LogP contribution is -2.53. The zero-order chi connectivity index (χ0) is 22.8. The standard InChI is InChI=1S/C25H24ClNO5/c1-29-19-11-10-16(12-18(19)26)23-22(15-8-6-5-7-9-15)25(28)27(23)17-13-20(30-2)24(32-4)21(14-17)31-3/h5-14,22-23H,1-4H3/t22-,23-/m0/s1. The number of carbonyl (C=O) groups excluding carboxylic acids is 1. The van der Waals surface area contributed by atoms with Crippen molar-refractivity contribution in [3.8, 4) is 23.0 Å². The zero-order valence-electron chi connectivity index (χ0n) is 18.3. The summed E-state index contributed by atoms with van der Waals surface area (Å²) in [5.74, 6) is 1.63. The van der Waals surface area contributed by atoms with Crippen molar-refractivity contribution in [1.82, 2.24) is 0 Å². The van der Waals surface area contributed by atoms with Gasteiger partial charge in [-0.25, -0.2) is 0 Å². The molecule has 3 aromatic carbocycles. The first-order chi connectivity index (χ1) is 15.5. The molecule has 0 saturated carbocycles. The molecule has 7 heteroatoms. The Morgan fingerprint density at radius 3 is 1.91 bits per heavy atom. The number of ether oxygens (including phenoxy) is 4. The predicted molar refractivity (Wildman–Crippen MR) is 124 cm³/mol. The molecule has 0 aromatic heterocycles. The van der Waals surface area contributed by atoms with Crippen molar-refractivity contribution in [2.45, 2.75) is 12.0 Å². The maximum absolute atomic E-state index is 13.5. The van der Waals surface area contributed by atoms with E-state index < -0.39 is 0 Å². The summed E-state index contributed by atoms with van der Waals surface area (Å²) in [6.45, 7) is 0. The molecule has 32 heavy (non-hydrogen) atoms. The number of nitrogens with zero attached hydrogens (tertiary/aromatic N) is 1. The summed E-state index contributed by atoms with van der Waals surface area (Å²) in [5, 5.41) is 0.487. The molecule has 1 saturated heterocycles. The van der Waals surface area contributed by atoms with E-state index in [0.717, 1.165) is 11.1 Å². The number of carbonyl (C=O) groups is 1. The fourth-order valence-electron chi connectivity index (χ4n) is 4.18. The van der Waals surface area contributed by atoms with Gasteiger partial charge in [0.2, 0.25) is 11.7 Å². The van der Waals surface area contributed by atoms with E-state index >= 15 is 0 Å². The van der Waals surface area contributed by atoms with Crippen LogP contribution in [-0.2, 0) is 4.79 Å². The van der Waals surface area contributed by atoms with E-state index in [4.69, 9.17) is 30.5 Å². The molecular weight excluding hydrogens is 430 g/mol. The number of halogens is 1. The molecule has 0 radical (unpaired) electrons. The van der Waals surface area contributed by atoms with Gasteiger partial charge in [-0.15, -0.1) is 0 Å². The molecule has 1 amide bonds. The van der Waals surface area contributed by atoms with Crippen molar-refractivity contribution < 1.29 is 23.7 Å². The van der Waals surface area contributed by atoms with Crippen LogP contribution < -0.4 is 23.8 Å². The fraction of sp³-hybridized carbons (Fsp3) is 0.240. The minimum atomic E-state index is -0.347. The second-order valence-electron chi connectivity index (χ2n) is 7.32. The summed E-state index contributed by atoms with van der Waals surface area (Å²) in [4.78, 5) is 15.2. The molecule has 166 valence electrons. The Hall–Kier alpha value is -3.38. The van der Waals surface area contributed by atoms with Crippen LogP contribution in [0.2, 0.25) is 5.02 Å². The van der Waals surface area contributed by atoms with E-state index in [1.54, 1.807) is 45.5 Å². The van der Waals surface area contributed by atoms with Crippen LogP contribution in [0.25, 0.3) is 0 Å². The van der Waals surface area contributed by atoms with E-state index in [1.165, 1.54) is 0 Å². The van der Waals surface area contributed by atoms with Gasteiger partial charge in [-0.1, -0.05) is 48.0 Å². The molecule has 0 aliphatic carbocycles. The number of rotatable bonds is 7.